The minimum Gasteiger partial charge on any atom is -0.316 e. The van der Waals surface area contributed by atoms with E-state index in [-0.39, 0.29) is 0 Å². The molecule has 1 aliphatic rings. The average molecular weight is 262 g/mol. The largest absolute Gasteiger partial charge is 0.316 e. The number of hydrogen-bond donors (Lipinski definition) is 1. The lowest BCUT2D eigenvalue weighted by atomic mass is 10.1. The smallest absolute Gasteiger partial charge is 0.234 e. The molecule has 0 amide bonds. The van der Waals surface area contributed by atoms with Gasteiger partial charge in [-0.25, -0.2) is 9.97 Å². The lowest BCUT2D eigenvalue weighted by molar-refractivity contribution is 0.385. The summed E-state index contributed by atoms with van der Waals surface area (Å²) in [6.07, 6.45) is 2.11. The summed E-state index contributed by atoms with van der Waals surface area (Å²) in [5, 5.41) is 3.30. The number of rotatable bonds is 4. The summed E-state index contributed by atoms with van der Waals surface area (Å²) in [4.78, 5) is 9.05. The van der Waals surface area contributed by atoms with Gasteiger partial charge in [0, 0.05) is 23.3 Å². The topological polar surface area (TPSA) is 42.2 Å². The highest BCUT2D eigenvalue weighted by Gasteiger charge is 2.16. The minimum absolute atomic E-state index is 0.827. The monoisotopic (exact) mass is 262 g/mol. The fourth-order valence-electron chi connectivity index (χ4n) is 2.18. The molecule has 0 radical (unpaired) electrons. The van der Waals surface area contributed by atoms with E-state index in [9.17, 15) is 0 Å². The normalized spacial score (nSPS) is 16.1. The Labute approximate surface area is 111 Å². The number of aryl methyl sites for hydroxylation is 2. The van der Waals surface area contributed by atoms with Crippen LogP contribution in [0.25, 0.3) is 5.78 Å². The second-order valence-corrected chi connectivity index (χ2v) is 6.01. The van der Waals surface area contributed by atoms with Gasteiger partial charge in [0.2, 0.25) is 5.78 Å². The van der Waals surface area contributed by atoms with Gasteiger partial charge in [0.05, 0.1) is 5.69 Å². The van der Waals surface area contributed by atoms with Crippen molar-refractivity contribution < 1.29 is 0 Å². The molecule has 1 saturated heterocycles. The molecular weight excluding hydrogens is 244 g/mol. The fraction of sp³-hybridized carbons (Fsp3) is 0.538. The first-order valence-electron chi connectivity index (χ1n) is 6.33. The van der Waals surface area contributed by atoms with Crippen molar-refractivity contribution in [2.24, 2.45) is 5.92 Å². The fourth-order valence-corrected chi connectivity index (χ4v) is 3.22. The Balaban J connectivity index is 1.70. The van der Waals surface area contributed by atoms with Gasteiger partial charge < -0.3 is 5.32 Å². The first-order valence-corrected chi connectivity index (χ1v) is 7.48. The van der Waals surface area contributed by atoms with Gasteiger partial charge in [-0.05, 0) is 44.7 Å². The third-order valence-electron chi connectivity index (χ3n) is 3.28. The van der Waals surface area contributed by atoms with Crippen molar-refractivity contribution in [2.75, 3.05) is 18.8 Å². The number of aromatic nitrogens is 3. The van der Waals surface area contributed by atoms with Crippen LogP contribution in [0.4, 0.5) is 0 Å². The molecule has 4 nitrogen and oxygen atoms in total. The molecule has 0 saturated carbocycles. The van der Waals surface area contributed by atoms with E-state index in [1.807, 2.05) is 18.7 Å². The molecule has 2 aromatic rings. The van der Waals surface area contributed by atoms with E-state index in [1.165, 1.54) is 24.5 Å². The van der Waals surface area contributed by atoms with Gasteiger partial charge in [-0.1, -0.05) is 0 Å². The second kappa shape index (κ2) is 4.90. The van der Waals surface area contributed by atoms with Crippen LogP contribution >= 0.6 is 11.8 Å². The van der Waals surface area contributed by atoms with Gasteiger partial charge in [0.15, 0.2) is 0 Å². The molecule has 5 heteroatoms. The van der Waals surface area contributed by atoms with Gasteiger partial charge in [0.1, 0.15) is 0 Å². The number of nitrogens with one attached hydrogen (secondary N) is 1. The summed E-state index contributed by atoms with van der Waals surface area (Å²) in [7, 11) is 0. The first-order chi connectivity index (χ1) is 8.72. The molecule has 0 aromatic carbocycles. The molecule has 2 aromatic heterocycles. The molecular formula is C13H18N4S. The van der Waals surface area contributed by atoms with Crippen LogP contribution in [0.1, 0.15) is 17.1 Å². The van der Waals surface area contributed by atoms with Crippen LogP contribution in [0.5, 0.6) is 0 Å². The third-order valence-corrected chi connectivity index (χ3v) is 4.49. The van der Waals surface area contributed by atoms with Crippen molar-refractivity contribution >= 4 is 17.5 Å². The highest BCUT2D eigenvalue weighted by molar-refractivity contribution is 7.98. The van der Waals surface area contributed by atoms with E-state index >= 15 is 0 Å². The molecule has 3 rings (SSSR count). The molecule has 1 fully saturated rings. The zero-order valence-corrected chi connectivity index (χ0v) is 11.6. The Hall–Kier alpha value is -1.07. The van der Waals surface area contributed by atoms with Gasteiger partial charge in [-0.3, -0.25) is 4.40 Å². The molecule has 18 heavy (non-hydrogen) atoms. The predicted molar refractivity (Wildman–Crippen MR) is 75.0 cm³/mol. The average Bonchev–Trinajstić information content (AvgIpc) is 2.65. The summed E-state index contributed by atoms with van der Waals surface area (Å²) in [5.41, 5.74) is 3.36. The highest BCUT2D eigenvalue weighted by atomic mass is 32.2. The molecule has 1 N–H and O–H groups in total. The van der Waals surface area contributed by atoms with Gasteiger partial charge in [-0.15, -0.1) is 0 Å². The van der Waals surface area contributed by atoms with Crippen LogP contribution in [0.15, 0.2) is 12.3 Å². The summed E-state index contributed by atoms with van der Waals surface area (Å²) in [6, 6.07) is 2.09. The Bertz CT molecular complexity index is 559. The van der Waals surface area contributed by atoms with E-state index in [2.05, 4.69) is 38.9 Å². The number of nitrogens with zero attached hydrogens (tertiary/aromatic N) is 3. The van der Waals surface area contributed by atoms with Crippen molar-refractivity contribution in [2.45, 2.75) is 19.6 Å². The van der Waals surface area contributed by atoms with Crippen LogP contribution in [-0.2, 0) is 5.75 Å². The maximum atomic E-state index is 4.59. The van der Waals surface area contributed by atoms with Crippen LogP contribution < -0.4 is 5.32 Å². The number of thioether (sulfide) groups is 1. The van der Waals surface area contributed by atoms with Crippen molar-refractivity contribution in [1.82, 2.24) is 19.7 Å². The molecule has 0 atom stereocenters. The molecule has 3 heterocycles. The Morgan fingerprint density at radius 2 is 2.22 bits per heavy atom. The molecule has 0 spiro atoms. The Morgan fingerprint density at radius 1 is 1.39 bits per heavy atom. The van der Waals surface area contributed by atoms with E-state index in [0.29, 0.717) is 0 Å². The van der Waals surface area contributed by atoms with E-state index in [1.54, 1.807) is 0 Å². The maximum absolute atomic E-state index is 4.59. The van der Waals surface area contributed by atoms with Crippen molar-refractivity contribution in [1.29, 1.82) is 0 Å². The van der Waals surface area contributed by atoms with Crippen molar-refractivity contribution in [3.63, 3.8) is 0 Å². The predicted octanol–water partition coefficient (Wildman–Crippen LogP) is 1.80. The van der Waals surface area contributed by atoms with Gasteiger partial charge in [0.25, 0.3) is 0 Å². The maximum Gasteiger partial charge on any atom is 0.234 e. The van der Waals surface area contributed by atoms with E-state index in [0.717, 1.165) is 28.8 Å². The SMILES string of the molecule is Cc1cc(C)n2cc(CSCC3CNC3)nc2n1. The molecule has 0 aliphatic carbocycles. The molecule has 0 unspecified atom stereocenters. The summed E-state index contributed by atoms with van der Waals surface area (Å²) in [5.74, 6) is 3.90. The van der Waals surface area contributed by atoms with Crippen LogP contribution in [0, 0.1) is 19.8 Å². The van der Waals surface area contributed by atoms with E-state index < -0.39 is 0 Å². The standard InChI is InChI=1S/C13H18N4S/c1-9-3-10(2)17-6-12(16-13(17)15-9)8-18-7-11-4-14-5-11/h3,6,11,14H,4-5,7-8H2,1-2H3. The number of imidazole rings is 1. The summed E-state index contributed by atoms with van der Waals surface area (Å²) >= 11 is 1.97. The van der Waals surface area contributed by atoms with Crippen LogP contribution in [0.2, 0.25) is 0 Å². The van der Waals surface area contributed by atoms with Crippen molar-refractivity contribution in [3.8, 4) is 0 Å². The molecule has 0 bridgehead atoms. The molecule has 96 valence electrons. The number of fused-ring (bicyclic) bond motifs is 1. The lowest BCUT2D eigenvalue weighted by Gasteiger charge is -2.26. The Kier molecular flexibility index (Phi) is 3.26. The highest BCUT2D eigenvalue weighted by Crippen LogP contribution is 2.18. The van der Waals surface area contributed by atoms with Crippen LogP contribution in [0.3, 0.4) is 0 Å². The van der Waals surface area contributed by atoms with Crippen molar-refractivity contribution in [3.05, 3.63) is 29.3 Å². The van der Waals surface area contributed by atoms with Crippen LogP contribution in [-0.4, -0.2) is 33.2 Å². The van der Waals surface area contributed by atoms with Gasteiger partial charge >= 0.3 is 0 Å². The Morgan fingerprint density at radius 3 is 2.94 bits per heavy atom. The molecule has 1 aliphatic heterocycles. The zero-order valence-electron chi connectivity index (χ0n) is 10.8. The zero-order chi connectivity index (χ0) is 12.5. The minimum atomic E-state index is 0.827. The van der Waals surface area contributed by atoms with Gasteiger partial charge in [-0.2, -0.15) is 11.8 Å². The number of hydrogen-bond acceptors (Lipinski definition) is 4. The first kappa shape index (κ1) is 12.0. The quantitative estimate of drug-likeness (QED) is 0.912. The third kappa shape index (κ3) is 2.37. The summed E-state index contributed by atoms with van der Waals surface area (Å²) < 4.78 is 2.08. The summed E-state index contributed by atoms with van der Waals surface area (Å²) in [6.45, 7) is 6.47. The lowest BCUT2D eigenvalue weighted by Crippen LogP contribution is -2.43. The second-order valence-electron chi connectivity index (χ2n) is 4.98. The van der Waals surface area contributed by atoms with E-state index in [4.69, 9.17) is 0 Å².